The first-order valence-corrected chi connectivity index (χ1v) is 7.18. The molecule has 0 fully saturated rings. The van der Waals surface area contributed by atoms with Crippen molar-refractivity contribution in [1.29, 1.82) is 0 Å². The molecule has 1 aromatic rings. The summed E-state index contributed by atoms with van der Waals surface area (Å²) in [5.74, 6) is 0.376. The lowest BCUT2D eigenvalue weighted by atomic mass is 9.84. The molecule has 0 saturated carbocycles. The Bertz CT molecular complexity index is 806. The molecule has 4 nitrogen and oxygen atoms in total. The number of rotatable bonds is 1. The van der Waals surface area contributed by atoms with E-state index in [4.69, 9.17) is 11.6 Å². The third kappa shape index (κ3) is 1.83. The number of amidine groups is 1. The first kappa shape index (κ1) is 13.3. The molecular weight excluding hydrogens is 303 g/mol. The molecule has 6 heteroatoms. The van der Waals surface area contributed by atoms with Crippen molar-refractivity contribution in [3.05, 3.63) is 76.8 Å². The van der Waals surface area contributed by atoms with Gasteiger partial charge in [-0.1, -0.05) is 42.0 Å². The van der Waals surface area contributed by atoms with Crippen molar-refractivity contribution in [1.82, 2.24) is 16.3 Å². The SMILES string of the molecule is Fc1ccccc1C1=CNC2=NNNC23C=CC=C(Cl)C3=C1. The summed E-state index contributed by atoms with van der Waals surface area (Å²) in [4.78, 5) is 0. The third-order valence-corrected chi connectivity index (χ3v) is 4.24. The maximum absolute atomic E-state index is 14.1. The average molecular weight is 315 g/mol. The van der Waals surface area contributed by atoms with E-state index in [1.54, 1.807) is 30.5 Å². The summed E-state index contributed by atoms with van der Waals surface area (Å²) in [5.41, 5.74) is 7.21. The Kier molecular flexibility index (Phi) is 2.92. The average Bonchev–Trinajstić information content (AvgIpc) is 2.83. The molecule has 1 unspecified atom stereocenters. The number of hydrogen-bond acceptors (Lipinski definition) is 4. The number of nitrogens with zero attached hydrogens (tertiary/aromatic N) is 1. The smallest absolute Gasteiger partial charge is 0.158 e. The van der Waals surface area contributed by atoms with Crippen LogP contribution in [-0.2, 0) is 0 Å². The Morgan fingerprint density at radius 3 is 2.95 bits per heavy atom. The van der Waals surface area contributed by atoms with Gasteiger partial charge in [-0.2, -0.15) is 5.43 Å². The molecule has 110 valence electrons. The molecule has 3 N–H and O–H groups in total. The van der Waals surface area contributed by atoms with Crippen molar-refractivity contribution < 1.29 is 4.39 Å². The van der Waals surface area contributed by atoms with E-state index in [-0.39, 0.29) is 5.82 Å². The lowest BCUT2D eigenvalue weighted by Crippen LogP contribution is -2.53. The van der Waals surface area contributed by atoms with E-state index in [2.05, 4.69) is 21.4 Å². The minimum absolute atomic E-state index is 0.284. The third-order valence-electron chi connectivity index (χ3n) is 3.91. The molecule has 0 aromatic heterocycles. The second-order valence-corrected chi connectivity index (χ2v) is 5.57. The van der Waals surface area contributed by atoms with Crippen LogP contribution in [0.1, 0.15) is 5.56 Å². The summed E-state index contributed by atoms with van der Waals surface area (Å²) in [6.07, 6.45) is 9.23. The van der Waals surface area contributed by atoms with Gasteiger partial charge in [0.05, 0.1) is 0 Å². The quantitative estimate of drug-likeness (QED) is 0.746. The first-order valence-electron chi connectivity index (χ1n) is 6.80. The topological polar surface area (TPSA) is 48.5 Å². The molecule has 1 aliphatic carbocycles. The largest absolute Gasteiger partial charge is 0.346 e. The van der Waals surface area contributed by atoms with Gasteiger partial charge < -0.3 is 5.32 Å². The summed E-state index contributed by atoms with van der Waals surface area (Å²) in [6, 6.07) is 6.64. The number of hydrazine groups is 1. The van der Waals surface area contributed by atoms with Crippen molar-refractivity contribution in [3.8, 4) is 0 Å². The molecular formula is C16H12ClFN4. The Morgan fingerprint density at radius 2 is 2.09 bits per heavy atom. The fourth-order valence-electron chi connectivity index (χ4n) is 2.80. The van der Waals surface area contributed by atoms with E-state index in [1.807, 2.05) is 18.2 Å². The minimum atomic E-state index is -0.671. The maximum atomic E-state index is 14.1. The van der Waals surface area contributed by atoms with Crippen LogP contribution in [0, 0.1) is 5.82 Å². The van der Waals surface area contributed by atoms with E-state index >= 15 is 0 Å². The summed E-state index contributed by atoms with van der Waals surface area (Å²) >= 11 is 6.39. The van der Waals surface area contributed by atoms with Crippen LogP contribution in [0.4, 0.5) is 4.39 Å². The molecule has 2 heterocycles. The molecule has 4 rings (SSSR count). The zero-order chi connectivity index (χ0) is 15.2. The van der Waals surface area contributed by atoms with Crippen molar-refractivity contribution in [2.24, 2.45) is 5.10 Å². The fourth-order valence-corrected chi connectivity index (χ4v) is 3.08. The Balaban J connectivity index is 1.90. The Hall–Kier alpha value is -2.37. The highest BCUT2D eigenvalue weighted by Gasteiger charge is 2.44. The van der Waals surface area contributed by atoms with E-state index in [9.17, 15) is 4.39 Å². The van der Waals surface area contributed by atoms with Gasteiger partial charge in [0, 0.05) is 27.9 Å². The molecule has 1 spiro atoms. The van der Waals surface area contributed by atoms with E-state index < -0.39 is 5.54 Å². The molecule has 0 saturated heterocycles. The van der Waals surface area contributed by atoms with Crippen LogP contribution < -0.4 is 16.3 Å². The van der Waals surface area contributed by atoms with Gasteiger partial charge in [0.25, 0.3) is 0 Å². The normalized spacial score (nSPS) is 25.5. The van der Waals surface area contributed by atoms with Crippen LogP contribution in [0.5, 0.6) is 0 Å². The van der Waals surface area contributed by atoms with Crippen LogP contribution in [0.2, 0.25) is 0 Å². The highest BCUT2D eigenvalue weighted by molar-refractivity contribution is 6.33. The number of hydrazone groups is 1. The van der Waals surface area contributed by atoms with Gasteiger partial charge in [-0.05, 0) is 18.2 Å². The van der Waals surface area contributed by atoms with Gasteiger partial charge in [-0.25, -0.2) is 9.93 Å². The Morgan fingerprint density at radius 1 is 1.23 bits per heavy atom. The highest BCUT2D eigenvalue weighted by Crippen LogP contribution is 2.37. The van der Waals surface area contributed by atoms with Gasteiger partial charge in [-0.3, -0.25) is 0 Å². The van der Waals surface area contributed by atoms with Gasteiger partial charge >= 0.3 is 0 Å². The molecule has 2 aliphatic heterocycles. The molecule has 0 amide bonds. The van der Waals surface area contributed by atoms with Crippen molar-refractivity contribution in [2.45, 2.75) is 5.54 Å². The molecule has 3 aliphatic rings. The predicted octanol–water partition coefficient (Wildman–Crippen LogP) is 2.55. The standard InChI is InChI=1S/C16H12ClFN4/c17-13-5-3-7-16-12(13)8-10(9-19-15(16)20-22-21-16)11-4-1-2-6-14(11)18/h1-9,21-22H,(H,19,20). The zero-order valence-corrected chi connectivity index (χ0v) is 12.2. The molecule has 22 heavy (non-hydrogen) atoms. The summed E-state index contributed by atoms with van der Waals surface area (Å²) < 4.78 is 14.1. The maximum Gasteiger partial charge on any atom is 0.158 e. The van der Waals surface area contributed by atoms with Crippen LogP contribution in [0.15, 0.2) is 70.5 Å². The first-order chi connectivity index (χ1) is 10.7. The van der Waals surface area contributed by atoms with Crippen LogP contribution in [0.25, 0.3) is 5.57 Å². The minimum Gasteiger partial charge on any atom is -0.346 e. The summed E-state index contributed by atoms with van der Waals surface area (Å²) in [7, 11) is 0. The number of hydrogen-bond donors (Lipinski definition) is 3. The second kappa shape index (κ2) is 4.83. The second-order valence-electron chi connectivity index (χ2n) is 5.16. The molecule has 1 atom stereocenters. The monoisotopic (exact) mass is 314 g/mol. The molecule has 1 aromatic carbocycles. The van der Waals surface area contributed by atoms with E-state index in [0.717, 1.165) is 5.57 Å². The number of nitrogens with one attached hydrogen (secondary N) is 3. The zero-order valence-electron chi connectivity index (χ0n) is 11.4. The molecule has 0 radical (unpaired) electrons. The fraction of sp³-hybridized carbons (Fsp3) is 0.0625. The van der Waals surface area contributed by atoms with Crippen LogP contribution in [-0.4, -0.2) is 11.4 Å². The number of allylic oxidation sites excluding steroid dienone is 4. The van der Waals surface area contributed by atoms with Gasteiger partial charge in [-0.15, -0.1) is 5.10 Å². The predicted molar refractivity (Wildman–Crippen MR) is 85.1 cm³/mol. The van der Waals surface area contributed by atoms with Crippen molar-refractivity contribution >= 4 is 23.0 Å². The lowest BCUT2D eigenvalue weighted by molar-refractivity contribution is 0.528. The Labute approximate surface area is 131 Å². The van der Waals surface area contributed by atoms with Gasteiger partial charge in [0.1, 0.15) is 11.4 Å². The van der Waals surface area contributed by atoms with Crippen molar-refractivity contribution in [2.75, 3.05) is 0 Å². The summed E-state index contributed by atoms with van der Waals surface area (Å²) in [6.45, 7) is 0. The number of halogens is 2. The van der Waals surface area contributed by atoms with Crippen LogP contribution >= 0.6 is 11.6 Å². The van der Waals surface area contributed by atoms with Crippen LogP contribution in [0.3, 0.4) is 0 Å². The number of benzene rings is 1. The molecule has 0 bridgehead atoms. The van der Waals surface area contributed by atoms with Gasteiger partial charge in [0.2, 0.25) is 0 Å². The van der Waals surface area contributed by atoms with Crippen molar-refractivity contribution in [3.63, 3.8) is 0 Å². The van der Waals surface area contributed by atoms with E-state index in [1.165, 1.54) is 6.07 Å². The lowest BCUT2D eigenvalue weighted by Gasteiger charge is -2.30. The summed E-state index contributed by atoms with van der Waals surface area (Å²) in [5, 5.41) is 7.92. The highest BCUT2D eigenvalue weighted by atomic mass is 35.5. The van der Waals surface area contributed by atoms with Gasteiger partial charge in [0.15, 0.2) is 5.84 Å². The van der Waals surface area contributed by atoms with E-state index in [0.29, 0.717) is 22.0 Å².